The maximum atomic E-state index is 6.46. The number of rotatable bonds is 12. The molecule has 0 bridgehead atoms. The lowest BCUT2D eigenvalue weighted by atomic mass is 9.99. The first kappa shape index (κ1) is 27.1. The molecule has 7 rings (SSSR count). The van der Waals surface area contributed by atoms with Gasteiger partial charge in [-0.1, -0.05) is 102 Å². The maximum absolute atomic E-state index is 6.46. The van der Waals surface area contributed by atoms with Gasteiger partial charge in [0, 0.05) is 21.5 Å². The second-order valence-corrected chi connectivity index (χ2v) is 12.4. The molecule has 0 amide bonds. The van der Waals surface area contributed by atoms with Crippen molar-refractivity contribution in [3.05, 3.63) is 83.9 Å². The van der Waals surface area contributed by atoms with Crippen LogP contribution in [0.4, 0.5) is 0 Å². The molecule has 0 aliphatic heterocycles. The van der Waals surface area contributed by atoms with Crippen LogP contribution >= 0.6 is 0 Å². The van der Waals surface area contributed by atoms with E-state index < -0.39 is 0 Å². The fraction of sp³-hybridized carbons (Fsp3) is 0.350. The van der Waals surface area contributed by atoms with Crippen molar-refractivity contribution in [3.63, 3.8) is 0 Å². The second kappa shape index (κ2) is 11.8. The van der Waals surface area contributed by atoms with Crippen LogP contribution < -0.4 is 0 Å². The van der Waals surface area contributed by atoms with Crippen LogP contribution in [0.15, 0.2) is 81.6 Å². The summed E-state index contributed by atoms with van der Waals surface area (Å²) in [6, 6.07) is 27.2. The topological polar surface area (TPSA) is 26.3 Å². The van der Waals surface area contributed by atoms with E-state index in [2.05, 4.69) is 86.6 Å². The third-order valence-electron chi connectivity index (χ3n) is 9.25. The van der Waals surface area contributed by atoms with Crippen molar-refractivity contribution in [2.45, 2.75) is 90.9 Å². The van der Waals surface area contributed by atoms with Crippen molar-refractivity contribution in [1.82, 2.24) is 0 Å². The van der Waals surface area contributed by atoms with Crippen LogP contribution in [-0.2, 0) is 12.8 Å². The lowest BCUT2D eigenvalue weighted by molar-refractivity contribution is 0.632. The molecule has 0 aliphatic rings. The molecule has 0 spiro atoms. The number of hydrogen-bond donors (Lipinski definition) is 0. The van der Waals surface area contributed by atoms with Gasteiger partial charge >= 0.3 is 0 Å². The van der Waals surface area contributed by atoms with Crippen molar-refractivity contribution in [2.75, 3.05) is 0 Å². The summed E-state index contributed by atoms with van der Waals surface area (Å²) in [5.41, 5.74) is 6.59. The molecule has 0 fully saturated rings. The summed E-state index contributed by atoms with van der Waals surface area (Å²) < 4.78 is 12.9. The Kier molecular flexibility index (Phi) is 7.63. The first-order valence-corrected chi connectivity index (χ1v) is 16.4. The highest BCUT2D eigenvalue weighted by Crippen LogP contribution is 2.39. The first-order chi connectivity index (χ1) is 20.7. The highest BCUT2D eigenvalue weighted by molar-refractivity contribution is 6.18. The third kappa shape index (κ3) is 5.28. The molecule has 0 aliphatic carbocycles. The molecule has 2 nitrogen and oxygen atoms in total. The average molecular weight is 555 g/mol. The molecule has 7 aromatic rings. The average Bonchev–Trinajstić information content (AvgIpc) is 3.53. The van der Waals surface area contributed by atoms with E-state index in [1.807, 2.05) is 0 Å². The molecule has 0 unspecified atom stereocenters. The van der Waals surface area contributed by atoms with Crippen molar-refractivity contribution >= 4 is 65.4 Å². The molecule has 42 heavy (non-hydrogen) atoms. The Bertz CT molecular complexity index is 1870. The van der Waals surface area contributed by atoms with Gasteiger partial charge in [-0.3, -0.25) is 0 Å². The van der Waals surface area contributed by atoms with Crippen molar-refractivity contribution in [1.29, 1.82) is 0 Å². The zero-order valence-electron chi connectivity index (χ0n) is 25.2. The molecule has 5 aromatic carbocycles. The summed E-state index contributed by atoms with van der Waals surface area (Å²) in [6.45, 7) is 4.55. The monoisotopic (exact) mass is 554 g/mol. The normalized spacial score (nSPS) is 12.2. The molecule has 2 heterocycles. The minimum Gasteiger partial charge on any atom is -0.456 e. The van der Waals surface area contributed by atoms with Crippen molar-refractivity contribution < 1.29 is 8.83 Å². The number of hydrogen-bond acceptors (Lipinski definition) is 2. The minimum atomic E-state index is 0.924. The zero-order chi connectivity index (χ0) is 28.5. The number of furan rings is 2. The molecule has 0 radical (unpaired) electrons. The molecular weight excluding hydrogens is 512 g/mol. The SMILES string of the molecule is CCCCCCCc1ccc2cc3oc4cc5c(cc4c3cc2c1)oc1cc2ccc(CCCCCCC)cc2cc15. The molecule has 0 saturated carbocycles. The fourth-order valence-electron chi connectivity index (χ4n) is 6.81. The van der Waals surface area contributed by atoms with E-state index in [0.717, 1.165) is 56.7 Å². The predicted octanol–water partition coefficient (Wildman–Crippen LogP) is 12.8. The van der Waals surface area contributed by atoms with Gasteiger partial charge in [0.15, 0.2) is 0 Å². The lowest BCUT2D eigenvalue weighted by Crippen LogP contribution is -1.86. The van der Waals surface area contributed by atoms with Crippen LogP contribution in [0, 0.1) is 0 Å². The lowest BCUT2D eigenvalue weighted by Gasteiger charge is -2.05. The number of unbranched alkanes of at least 4 members (excludes halogenated alkanes) is 8. The third-order valence-corrected chi connectivity index (χ3v) is 9.25. The maximum Gasteiger partial charge on any atom is 0.136 e. The highest BCUT2D eigenvalue weighted by Gasteiger charge is 2.15. The van der Waals surface area contributed by atoms with Gasteiger partial charge in [0.1, 0.15) is 22.3 Å². The van der Waals surface area contributed by atoms with Crippen molar-refractivity contribution in [2.24, 2.45) is 0 Å². The Balaban J connectivity index is 1.22. The van der Waals surface area contributed by atoms with Crippen LogP contribution in [0.3, 0.4) is 0 Å². The second-order valence-electron chi connectivity index (χ2n) is 12.4. The van der Waals surface area contributed by atoms with E-state index in [1.54, 1.807) is 0 Å². The largest absolute Gasteiger partial charge is 0.456 e. The van der Waals surface area contributed by atoms with Crippen LogP contribution in [0.2, 0.25) is 0 Å². The number of benzene rings is 5. The molecule has 0 saturated heterocycles. The predicted molar refractivity (Wildman–Crippen MR) is 181 cm³/mol. The van der Waals surface area contributed by atoms with Gasteiger partial charge in [0.25, 0.3) is 0 Å². The summed E-state index contributed by atoms with van der Waals surface area (Å²) in [4.78, 5) is 0. The molecule has 214 valence electrons. The zero-order valence-corrected chi connectivity index (χ0v) is 25.2. The Hall–Kier alpha value is -3.78. The number of fused-ring (bicyclic) bond motifs is 8. The Morgan fingerprint density at radius 3 is 1.24 bits per heavy atom. The molecule has 0 atom stereocenters. The minimum absolute atomic E-state index is 0.924. The van der Waals surface area contributed by atoms with Gasteiger partial charge in [-0.2, -0.15) is 0 Å². The van der Waals surface area contributed by atoms with E-state index in [1.165, 1.54) is 96.9 Å². The molecule has 2 heteroatoms. The van der Waals surface area contributed by atoms with Gasteiger partial charge in [0.2, 0.25) is 0 Å². The van der Waals surface area contributed by atoms with Gasteiger partial charge in [-0.05, 0) is 94.8 Å². The van der Waals surface area contributed by atoms with Gasteiger partial charge in [0.05, 0.1) is 0 Å². The summed E-state index contributed by atoms with van der Waals surface area (Å²) in [6.07, 6.45) is 15.4. The standard InChI is InChI=1S/C40H42O2/c1-3-5-7-9-11-13-27-15-17-29-23-37-33(21-31(29)19-27)35-25-40-36(26-39(35)41-37)34-22-32-20-28(14-12-10-8-6-4-2)16-18-30(32)24-38(34)42-40/h15-26H,3-14H2,1-2H3. The summed E-state index contributed by atoms with van der Waals surface area (Å²) in [5, 5.41) is 9.61. The smallest absolute Gasteiger partial charge is 0.136 e. The van der Waals surface area contributed by atoms with Crippen molar-refractivity contribution in [3.8, 4) is 0 Å². The highest BCUT2D eigenvalue weighted by atomic mass is 16.3. The van der Waals surface area contributed by atoms with Gasteiger partial charge in [-0.15, -0.1) is 0 Å². The Morgan fingerprint density at radius 1 is 0.381 bits per heavy atom. The summed E-state index contributed by atoms with van der Waals surface area (Å²) >= 11 is 0. The van der Waals surface area contributed by atoms with E-state index in [-0.39, 0.29) is 0 Å². The quantitative estimate of drug-likeness (QED) is 0.140. The van der Waals surface area contributed by atoms with Gasteiger partial charge < -0.3 is 8.83 Å². The van der Waals surface area contributed by atoms with Gasteiger partial charge in [-0.25, -0.2) is 0 Å². The van der Waals surface area contributed by atoms with E-state index >= 15 is 0 Å². The van der Waals surface area contributed by atoms with E-state index in [0.29, 0.717) is 0 Å². The molecular formula is C40H42O2. The molecule has 2 aromatic heterocycles. The number of aryl methyl sites for hydroxylation is 2. The Labute approximate surface area is 248 Å². The molecule has 0 N–H and O–H groups in total. The summed E-state index contributed by atoms with van der Waals surface area (Å²) in [5.74, 6) is 0. The van der Waals surface area contributed by atoms with Crippen LogP contribution in [0.1, 0.15) is 89.2 Å². The fourth-order valence-corrected chi connectivity index (χ4v) is 6.81. The van der Waals surface area contributed by atoms with E-state index in [4.69, 9.17) is 8.83 Å². The van der Waals surface area contributed by atoms with Crippen LogP contribution in [0.25, 0.3) is 65.4 Å². The van der Waals surface area contributed by atoms with Crippen LogP contribution in [-0.4, -0.2) is 0 Å². The van der Waals surface area contributed by atoms with E-state index in [9.17, 15) is 0 Å². The Morgan fingerprint density at radius 2 is 0.786 bits per heavy atom. The first-order valence-electron chi connectivity index (χ1n) is 16.4. The summed E-state index contributed by atoms with van der Waals surface area (Å²) in [7, 11) is 0. The van der Waals surface area contributed by atoms with Crippen LogP contribution in [0.5, 0.6) is 0 Å².